The topological polar surface area (TPSA) is 38.8 Å². The summed E-state index contributed by atoms with van der Waals surface area (Å²) in [6.07, 6.45) is 0. The first-order valence-electron chi connectivity index (χ1n) is 4.94. The van der Waals surface area contributed by atoms with Gasteiger partial charge >= 0.3 is 0 Å². The number of carbonyl (C=O) groups excluding carboxylic acids is 1. The number of hydrogen-bond acceptors (Lipinski definition) is 3. The summed E-state index contributed by atoms with van der Waals surface area (Å²) in [7, 11) is 1.55. The number of benzene rings is 1. The number of amides is 1. The molecular formula is C11H12ClNO3. The summed E-state index contributed by atoms with van der Waals surface area (Å²) >= 11 is 5.92. The van der Waals surface area contributed by atoms with E-state index in [9.17, 15) is 4.79 Å². The molecule has 1 fully saturated rings. The van der Waals surface area contributed by atoms with Crippen molar-refractivity contribution in [2.24, 2.45) is 0 Å². The average Bonchev–Trinajstić information content (AvgIpc) is 2.31. The van der Waals surface area contributed by atoms with Crippen LogP contribution in [0.25, 0.3) is 0 Å². The minimum absolute atomic E-state index is 0.0457. The van der Waals surface area contributed by atoms with E-state index in [0.29, 0.717) is 23.9 Å². The molecule has 0 saturated carbocycles. The fourth-order valence-electron chi connectivity index (χ4n) is 1.61. The van der Waals surface area contributed by atoms with E-state index in [1.165, 1.54) is 0 Å². The van der Waals surface area contributed by atoms with Crippen molar-refractivity contribution in [1.82, 2.24) is 0 Å². The van der Waals surface area contributed by atoms with Crippen LogP contribution in [-0.2, 0) is 9.53 Å². The number of rotatable bonds is 2. The molecule has 1 aliphatic heterocycles. The second-order valence-electron chi connectivity index (χ2n) is 3.42. The van der Waals surface area contributed by atoms with Gasteiger partial charge in [-0.1, -0.05) is 11.6 Å². The molecule has 1 heterocycles. The molecule has 1 amide bonds. The fraction of sp³-hybridized carbons (Fsp3) is 0.364. The van der Waals surface area contributed by atoms with Crippen molar-refractivity contribution in [2.45, 2.75) is 0 Å². The maximum absolute atomic E-state index is 11.6. The highest BCUT2D eigenvalue weighted by atomic mass is 35.5. The Bertz CT molecular complexity index is 408. The van der Waals surface area contributed by atoms with Gasteiger partial charge in [0.15, 0.2) is 0 Å². The number of morpholine rings is 1. The molecule has 1 aromatic rings. The zero-order valence-electron chi connectivity index (χ0n) is 8.90. The Morgan fingerprint density at radius 1 is 1.50 bits per heavy atom. The molecule has 0 aromatic heterocycles. The molecule has 5 heteroatoms. The second kappa shape index (κ2) is 4.72. The molecule has 2 rings (SSSR count). The Morgan fingerprint density at radius 3 is 3.00 bits per heavy atom. The highest BCUT2D eigenvalue weighted by molar-refractivity contribution is 6.32. The SMILES string of the molecule is COc1cc(N2CCOCC2=O)ccc1Cl. The Labute approximate surface area is 98.7 Å². The molecule has 1 saturated heterocycles. The summed E-state index contributed by atoms with van der Waals surface area (Å²) in [4.78, 5) is 13.3. The minimum atomic E-state index is -0.0457. The van der Waals surface area contributed by atoms with Gasteiger partial charge in [-0.15, -0.1) is 0 Å². The van der Waals surface area contributed by atoms with Crippen molar-refractivity contribution >= 4 is 23.2 Å². The first-order chi connectivity index (χ1) is 7.72. The smallest absolute Gasteiger partial charge is 0.253 e. The predicted molar refractivity (Wildman–Crippen MR) is 61.2 cm³/mol. The summed E-state index contributed by atoms with van der Waals surface area (Å²) < 4.78 is 10.2. The van der Waals surface area contributed by atoms with Crippen LogP contribution in [0.4, 0.5) is 5.69 Å². The van der Waals surface area contributed by atoms with Crippen LogP contribution in [0.2, 0.25) is 5.02 Å². The van der Waals surface area contributed by atoms with E-state index in [-0.39, 0.29) is 12.5 Å². The third-order valence-corrected chi connectivity index (χ3v) is 2.74. The second-order valence-corrected chi connectivity index (χ2v) is 3.82. The molecule has 1 aliphatic rings. The van der Waals surface area contributed by atoms with E-state index in [1.54, 1.807) is 30.2 Å². The quantitative estimate of drug-likeness (QED) is 0.791. The van der Waals surface area contributed by atoms with Gasteiger partial charge in [-0.2, -0.15) is 0 Å². The van der Waals surface area contributed by atoms with Crippen molar-refractivity contribution in [1.29, 1.82) is 0 Å². The van der Waals surface area contributed by atoms with E-state index in [4.69, 9.17) is 21.1 Å². The molecule has 4 nitrogen and oxygen atoms in total. The van der Waals surface area contributed by atoms with Crippen LogP contribution in [0.5, 0.6) is 5.75 Å². The molecule has 86 valence electrons. The summed E-state index contributed by atoms with van der Waals surface area (Å²) in [5, 5.41) is 0.534. The van der Waals surface area contributed by atoms with Gasteiger partial charge in [0.1, 0.15) is 12.4 Å². The van der Waals surface area contributed by atoms with Crippen LogP contribution in [-0.4, -0.2) is 32.8 Å². The lowest BCUT2D eigenvalue weighted by Gasteiger charge is -2.27. The molecule has 0 bridgehead atoms. The number of halogens is 1. The molecule has 0 spiro atoms. The monoisotopic (exact) mass is 241 g/mol. The molecule has 0 aliphatic carbocycles. The first kappa shape index (κ1) is 11.2. The standard InChI is InChI=1S/C11H12ClNO3/c1-15-10-6-8(2-3-9(10)12)13-4-5-16-7-11(13)14/h2-3,6H,4-5,7H2,1H3. The van der Waals surface area contributed by atoms with Gasteiger partial charge in [0.2, 0.25) is 0 Å². The first-order valence-corrected chi connectivity index (χ1v) is 5.32. The normalized spacial score (nSPS) is 16.4. The molecule has 0 unspecified atom stereocenters. The Kier molecular flexibility index (Phi) is 3.31. The molecule has 0 N–H and O–H groups in total. The minimum Gasteiger partial charge on any atom is -0.495 e. The van der Waals surface area contributed by atoms with Crippen molar-refractivity contribution in [3.63, 3.8) is 0 Å². The Balaban J connectivity index is 2.29. The number of nitrogens with zero attached hydrogens (tertiary/aromatic N) is 1. The van der Waals surface area contributed by atoms with Gasteiger partial charge < -0.3 is 14.4 Å². The lowest BCUT2D eigenvalue weighted by molar-refractivity contribution is -0.125. The molecular weight excluding hydrogens is 230 g/mol. The fourth-order valence-corrected chi connectivity index (χ4v) is 1.80. The van der Waals surface area contributed by atoms with E-state index in [2.05, 4.69) is 0 Å². The maximum atomic E-state index is 11.6. The highest BCUT2D eigenvalue weighted by Crippen LogP contribution is 2.29. The molecule has 0 atom stereocenters. The zero-order valence-corrected chi connectivity index (χ0v) is 9.66. The summed E-state index contributed by atoms with van der Waals surface area (Å²) in [5.74, 6) is 0.522. The summed E-state index contributed by atoms with van der Waals surface area (Å²) in [5.41, 5.74) is 0.787. The van der Waals surface area contributed by atoms with Crippen molar-refractivity contribution in [3.05, 3.63) is 23.2 Å². The summed E-state index contributed by atoms with van der Waals surface area (Å²) in [6.45, 7) is 1.24. The molecule has 1 aromatic carbocycles. The predicted octanol–water partition coefficient (Wildman–Crippen LogP) is 1.71. The largest absolute Gasteiger partial charge is 0.495 e. The van der Waals surface area contributed by atoms with Crippen LogP contribution in [0, 0.1) is 0 Å². The van der Waals surface area contributed by atoms with E-state index < -0.39 is 0 Å². The Morgan fingerprint density at radius 2 is 2.31 bits per heavy atom. The van der Waals surface area contributed by atoms with Crippen LogP contribution in [0.1, 0.15) is 0 Å². The number of hydrogen-bond donors (Lipinski definition) is 0. The van der Waals surface area contributed by atoms with Gasteiger partial charge in [-0.05, 0) is 12.1 Å². The van der Waals surface area contributed by atoms with Crippen LogP contribution in [0.3, 0.4) is 0 Å². The van der Waals surface area contributed by atoms with Crippen molar-refractivity contribution in [2.75, 3.05) is 31.8 Å². The van der Waals surface area contributed by atoms with E-state index >= 15 is 0 Å². The number of ether oxygens (including phenoxy) is 2. The number of anilines is 1. The third kappa shape index (κ3) is 2.13. The van der Waals surface area contributed by atoms with Crippen LogP contribution >= 0.6 is 11.6 Å². The maximum Gasteiger partial charge on any atom is 0.253 e. The van der Waals surface area contributed by atoms with Gasteiger partial charge in [-0.25, -0.2) is 0 Å². The lowest BCUT2D eigenvalue weighted by Crippen LogP contribution is -2.41. The molecule has 16 heavy (non-hydrogen) atoms. The third-order valence-electron chi connectivity index (χ3n) is 2.43. The van der Waals surface area contributed by atoms with Crippen molar-refractivity contribution in [3.8, 4) is 5.75 Å². The zero-order chi connectivity index (χ0) is 11.5. The van der Waals surface area contributed by atoms with Gasteiger partial charge in [0.05, 0.1) is 18.7 Å². The number of methoxy groups -OCH3 is 1. The average molecular weight is 242 g/mol. The van der Waals surface area contributed by atoms with Gasteiger partial charge in [0, 0.05) is 18.3 Å². The van der Waals surface area contributed by atoms with Gasteiger partial charge in [0.25, 0.3) is 5.91 Å². The lowest BCUT2D eigenvalue weighted by atomic mass is 10.2. The van der Waals surface area contributed by atoms with Crippen molar-refractivity contribution < 1.29 is 14.3 Å². The molecule has 0 radical (unpaired) electrons. The number of carbonyl (C=O) groups is 1. The van der Waals surface area contributed by atoms with Gasteiger partial charge in [-0.3, -0.25) is 4.79 Å². The van der Waals surface area contributed by atoms with Crippen LogP contribution < -0.4 is 9.64 Å². The van der Waals surface area contributed by atoms with E-state index in [0.717, 1.165) is 5.69 Å². The van der Waals surface area contributed by atoms with Crippen LogP contribution in [0.15, 0.2) is 18.2 Å². The summed E-state index contributed by atoms with van der Waals surface area (Å²) in [6, 6.07) is 5.28. The van der Waals surface area contributed by atoms with E-state index in [1.807, 2.05) is 0 Å². The Hall–Kier alpha value is -1.26. The highest BCUT2D eigenvalue weighted by Gasteiger charge is 2.20.